The van der Waals surface area contributed by atoms with Crippen molar-refractivity contribution in [3.63, 3.8) is 0 Å². The van der Waals surface area contributed by atoms with Crippen molar-refractivity contribution < 1.29 is 19.5 Å². The number of hydrogen-bond acceptors (Lipinski definition) is 8. The number of carbonyl (C=O) groups is 1. The van der Waals surface area contributed by atoms with Crippen molar-refractivity contribution in [3.8, 4) is 0 Å². The summed E-state index contributed by atoms with van der Waals surface area (Å²) >= 11 is 1.17. The molecule has 9 nitrogen and oxygen atoms in total. The van der Waals surface area contributed by atoms with Crippen molar-refractivity contribution in [2.75, 3.05) is 12.8 Å². The zero-order valence-corrected chi connectivity index (χ0v) is 12.2. The number of thiazole rings is 1. The Morgan fingerprint density at radius 2 is 2.27 bits per heavy atom. The predicted molar refractivity (Wildman–Crippen MR) is 77.8 cm³/mol. The molecule has 0 amide bonds. The fourth-order valence-corrected chi connectivity index (χ4v) is 2.47. The van der Waals surface area contributed by atoms with E-state index in [1.54, 1.807) is 29.6 Å². The molecule has 1 aromatic carbocycles. The van der Waals surface area contributed by atoms with Gasteiger partial charge in [0, 0.05) is 5.38 Å². The fraction of sp³-hybridized carbons (Fsp3) is 0.0833. The Morgan fingerprint density at radius 3 is 2.95 bits per heavy atom. The first-order chi connectivity index (χ1) is 10.6. The zero-order valence-electron chi connectivity index (χ0n) is 11.4. The Hall–Kier alpha value is -3.01. The van der Waals surface area contributed by atoms with Crippen molar-refractivity contribution in [2.45, 2.75) is 0 Å². The number of fused-ring (bicyclic) bond motifs is 1. The summed E-state index contributed by atoms with van der Waals surface area (Å²) in [6.45, 7) is 0. The van der Waals surface area contributed by atoms with Crippen molar-refractivity contribution in [1.29, 1.82) is 0 Å². The van der Waals surface area contributed by atoms with Crippen LogP contribution in [-0.4, -0.2) is 39.0 Å². The summed E-state index contributed by atoms with van der Waals surface area (Å²) in [7, 11) is 1.32. The summed E-state index contributed by atoms with van der Waals surface area (Å²) < 4.78 is 1.02. The van der Waals surface area contributed by atoms with Crippen molar-refractivity contribution >= 4 is 39.1 Å². The second-order valence-corrected chi connectivity index (χ2v) is 5.07. The third-order valence-electron chi connectivity index (χ3n) is 2.84. The van der Waals surface area contributed by atoms with Crippen LogP contribution in [0.2, 0.25) is 0 Å². The predicted octanol–water partition coefficient (Wildman–Crippen LogP) is 0.291. The molecule has 0 saturated heterocycles. The van der Waals surface area contributed by atoms with E-state index >= 15 is 0 Å². The van der Waals surface area contributed by atoms with E-state index in [-0.39, 0.29) is 11.4 Å². The lowest BCUT2D eigenvalue weighted by Crippen LogP contribution is -2.50. The van der Waals surface area contributed by atoms with E-state index < -0.39 is 5.91 Å². The lowest BCUT2D eigenvalue weighted by Gasteiger charge is -1.97. The van der Waals surface area contributed by atoms with Gasteiger partial charge in [0.15, 0.2) is 5.13 Å². The molecule has 0 saturated carbocycles. The molecule has 0 aliphatic carbocycles. The number of oxime groups is 1. The molecule has 0 bridgehead atoms. The van der Waals surface area contributed by atoms with Crippen LogP contribution in [-0.2, 0) is 4.84 Å². The summed E-state index contributed by atoms with van der Waals surface area (Å²) in [6, 6.07) is 6.71. The maximum Gasteiger partial charge on any atom is 0.390 e. The Kier molecular flexibility index (Phi) is 3.43. The number of aromatic nitrogens is 4. The maximum absolute atomic E-state index is 12.7. The summed E-state index contributed by atoms with van der Waals surface area (Å²) in [4.78, 5) is 22.0. The highest BCUT2D eigenvalue weighted by Crippen LogP contribution is 2.13. The smallest absolute Gasteiger partial charge is 0.390 e. The zero-order chi connectivity index (χ0) is 15.7. The third-order valence-corrected chi connectivity index (χ3v) is 3.52. The van der Waals surface area contributed by atoms with Gasteiger partial charge in [0.05, 0.1) is 4.85 Å². The van der Waals surface area contributed by atoms with Crippen LogP contribution in [0.5, 0.6) is 0 Å². The van der Waals surface area contributed by atoms with Gasteiger partial charge in [-0.2, -0.15) is 0 Å². The first-order valence-electron chi connectivity index (χ1n) is 6.08. The quantitative estimate of drug-likeness (QED) is 0.310. The van der Waals surface area contributed by atoms with E-state index in [0.29, 0.717) is 21.0 Å². The molecule has 2 aromatic heterocycles. The number of nitrogens with zero attached hydrogens (tertiary/aromatic N) is 5. The van der Waals surface area contributed by atoms with Crippen LogP contribution in [0.4, 0.5) is 5.13 Å². The number of rotatable bonds is 3. The van der Waals surface area contributed by atoms with Gasteiger partial charge in [-0.25, -0.2) is 9.78 Å². The summed E-state index contributed by atoms with van der Waals surface area (Å²) in [5, 5.41) is 19.1. The van der Waals surface area contributed by atoms with Gasteiger partial charge in [-0.15, -0.1) is 11.3 Å². The Bertz CT molecular complexity index is 884. The normalized spacial score (nSPS) is 11.8. The standard InChI is InChI=1S/C12H11N6O3S/c1-21-15-10(7-6-22-12(13)14-7)11(19)17-8-4-2-3-5-9(8)18(20)16-17/h2-6H,1H3,(H2,13,14)(H,16,20)/q+1. The van der Waals surface area contributed by atoms with Gasteiger partial charge >= 0.3 is 5.91 Å². The molecule has 3 N–H and O–H groups in total. The molecule has 22 heavy (non-hydrogen) atoms. The van der Waals surface area contributed by atoms with Crippen LogP contribution in [0, 0.1) is 0 Å². The molecule has 0 fully saturated rings. The lowest BCUT2D eigenvalue weighted by atomic mass is 10.2. The van der Waals surface area contributed by atoms with Crippen LogP contribution in [0.15, 0.2) is 34.8 Å². The van der Waals surface area contributed by atoms with Crippen LogP contribution in [0.1, 0.15) is 10.5 Å². The van der Waals surface area contributed by atoms with Gasteiger partial charge in [-0.3, -0.25) is 0 Å². The van der Waals surface area contributed by atoms with E-state index in [1.165, 1.54) is 18.4 Å². The van der Waals surface area contributed by atoms with Crippen LogP contribution < -0.4 is 10.4 Å². The van der Waals surface area contributed by atoms with Crippen molar-refractivity contribution in [1.82, 2.24) is 15.0 Å². The Balaban J connectivity index is 2.12. The molecule has 0 aliphatic heterocycles. The molecule has 2 heterocycles. The van der Waals surface area contributed by atoms with Gasteiger partial charge in [0.1, 0.15) is 18.0 Å². The van der Waals surface area contributed by atoms with E-state index in [4.69, 9.17) is 10.6 Å². The first-order valence-corrected chi connectivity index (χ1v) is 6.96. The molecular formula is C12H11N6O3S+. The minimum atomic E-state index is -0.601. The van der Waals surface area contributed by atoms with Crippen LogP contribution in [0.25, 0.3) is 11.0 Å². The average molecular weight is 319 g/mol. The average Bonchev–Trinajstić information content (AvgIpc) is 3.09. The molecule has 0 spiro atoms. The van der Waals surface area contributed by atoms with Gasteiger partial charge in [-0.1, -0.05) is 22.0 Å². The van der Waals surface area contributed by atoms with Gasteiger partial charge in [0.25, 0.3) is 0 Å². The number of para-hydroxylation sites is 2. The highest BCUT2D eigenvalue weighted by atomic mass is 32.1. The summed E-state index contributed by atoms with van der Waals surface area (Å²) in [5.74, 6) is -0.601. The lowest BCUT2D eigenvalue weighted by molar-refractivity contribution is -0.613. The number of anilines is 1. The molecule has 0 aliphatic rings. The monoisotopic (exact) mass is 319 g/mol. The fourth-order valence-electron chi connectivity index (χ4n) is 1.93. The highest BCUT2D eigenvalue weighted by molar-refractivity contribution is 7.13. The van der Waals surface area contributed by atoms with E-state index in [0.717, 1.165) is 4.68 Å². The molecule has 112 valence electrons. The maximum atomic E-state index is 12.7. The molecule has 0 radical (unpaired) electrons. The Morgan fingerprint density at radius 1 is 1.50 bits per heavy atom. The molecule has 10 heteroatoms. The minimum Gasteiger partial charge on any atom is -0.398 e. The van der Waals surface area contributed by atoms with E-state index in [9.17, 15) is 10.0 Å². The second-order valence-electron chi connectivity index (χ2n) is 4.18. The van der Waals surface area contributed by atoms with Crippen molar-refractivity contribution in [3.05, 3.63) is 35.3 Å². The van der Waals surface area contributed by atoms with Crippen LogP contribution >= 0.6 is 11.3 Å². The SMILES string of the molecule is CON=C(C(=O)[n+]1nn(O)c2ccccc21)c1csc(N)n1. The molecule has 0 atom stereocenters. The molecule has 0 unspecified atom stereocenters. The minimum absolute atomic E-state index is 0.0655. The molecule has 3 aromatic rings. The topological polar surface area (TPSA) is 120 Å². The summed E-state index contributed by atoms with van der Waals surface area (Å²) in [6.07, 6.45) is 0. The number of carbonyl (C=O) groups excluding carboxylic acids is 1. The highest BCUT2D eigenvalue weighted by Gasteiger charge is 2.30. The molecular weight excluding hydrogens is 308 g/mol. The van der Waals surface area contributed by atoms with Gasteiger partial charge < -0.3 is 15.8 Å². The number of hydrogen-bond donors (Lipinski definition) is 2. The number of nitrogen functional groups attached to an aromatic ring is 1. The Labute approximate surface area is 127 Å². The first kappa shape index (κ1) is 13.9. The van der Waals surface area contributed by atoms with E-state index in [2.05, 4.69) is 15.4 Å². The van der Waals surface area contributed by atoms with Crippen LogP contribution in [0.3, 0.4) is 0 Å². The summed E-state index contributed by atoms with van der Waals surface area (Å²) in [5.41, 5.74) is 6.59. The third kappa shape index (κ3) is 2.24. The largest absolute Gasteiger partial charge is 0.398 e. The second kappa shape index (κ2) is 5.41. The number of benzene rings is 1. The number of nitrogens with two attached hydrogens (primary N) is 1. The van der Waals surface area contributed by atoms with Gasteiger partial charge in [-0.05, 0) is 12.1 Å². The van der Waals surface area contributed by atoms with Crippen molar-refractivity contribution in [2.24, 2.45) is 5.16 Å². The van der Waals surface area contributed by atoms with Gasteiger partial charge in [0.2, 0.25) is 16.7 Å². The van der Waals surface area contributed by atoms with E-state index in [1.807, 2.05) is 0 Å². The molecule has 3 rings (SSSR count).